The molecule has 0 radical (unpaired) electrons. The molecule has 0 aromatic carbocycles. The van der Waals surface area contributed by atoms with Crippen LogP contribution in [-0.2, 0) is 14.3 Å². The van der Waals surface area contributed by atoms with Crippen molar-refractivity contribution in [1.82, 2.24) is 4.90 Å². The maximum atomic E-state index is 11.5. The van der Waals surface area contributed by atoms with Crippen LogP contribution in [0.25, 0.3) is 0 Å². The van der Waals surface area contributed by atoms with E-state index in [1.54, 1.807) is 4.90 Å². The van der Waals surface area contributed by atoms with Gasteiger partial charge >= 0.3 is 5.97 Å². The second-order valence-electron chi connectivity index (χ2n) is 3.22. The molecule has 0 N–H and O–H groups in total. The SMILES string of the molecule is O=C1OC[C@H]1C(=O)N1CCCC1. The van der Waals surface area contributed by atoms with Crippen LogP contribution in [0.1, 0.15) is 12.8 Å². The van der Waals surface area contributed by atoms with Gasteiger partial charge in [-0.05, 0) is 12.8 Å². The number of ether oxygens (including phenoxy) is 1. The fourth-order valence-corrected chi connectivity index (χ4v) is 1.56. The molecule has 0 aromatic heterocycles. The van der Waals surface area contributed by atoms with Crippen LogP contribution in [0.15, 0.2) is 0 Å². The van der Waals surface area contributed by atoms with E-state index < -0.39 is 5.92 Å². The van der Waals surface area contributed by atoms with Crippen molar-refractivity contribution in [3.8, 4) is 0 Å². The molecule has 0 spiro atoms. The van der Waals surface area contributed by atoms with E-state index in [0.29, 0.717) is 0 Å². The van der Waals surface area contributed by atoms with Gasteiger partial charge in [0, 0.05) is 13.1 Å². The van der Waals surface area contributed by atoms with E-state index in [1.807, 2.05) is 0 Å². The molecule has 0 aliphatic carbocycles. The van der Waals surface area contributed by atoms with Crippen molar-refractivity contribution in [2.24, 2.45) is 5.92 Å². The van der Waals surface area contributed by atoms with E-state index in [2.05, 4.69) is 4.74 Å². The average molecular weight is 169 g/mol. The molecule has 2 heterocycles. The zero-order chi connectivity index (χ0) is 8.55. The molecule has 0 aromatic rings. The highest BCUT2D eigenvalue weighted by Gasteiger charge is 2.40. The lowest BCUT2D eigenvalue weighted by atomic mass is 10.1. The molecular formula is C8H11NO3. The van der Waals surface area contributed by atoms with E-state index in [1.165, 1.54) is 0 Å². The van der Waals surface area contributed by atoms with Gasteiger partial charge in [-0.15, -0.1) is 0 Å². The zero-order valence-corrected chi connectivity index (χ0v) is 6.78. The van der Waals surface area contributed by atoms with E-state index >= 15 is 0 Å². The van der Waals surface area contributed by atoms with Gasteiger partial charge in [-0.25, -0.2) is 0 Å². The lowest BCUT2D eigenvalue weighted by Crippen LogP contribution is -2.47. The Labute approximate surface area is 70.5 Å². The standard InChI is InChI=1S/C8H11NO3/c10-7(6-5-12-8(6)11)9-3-1-2-4-9/h6H,1-5H2/t6-/m0/s1. The molecule has 2 saturated heterocycles. The smallest absolute Gasteiger partial charge is 0.322 e. The molecule has 4 nitrogen and oxygen atoms in total. The predicted octanol–water partition coefficient (Wildman–Crippen LogP) is -0.218. The van der Waals surface area contributed by atoms with Crippen molar-refractivity contribution in [3.05, 3.63) is 0 Å². The summed E-state index contributed by atoms with van der Waals surface area (Å²) in [5, 5.41) is 0. The van der Waals surface area contributed by atoms with Crippen LogP contribution in [0.2, 0.25) is 0 Å². The van der Waals surface area contributed by atoms with Crippen molar-refractivity contribution in [2.45, 2.75) is 12.8 Å². The number of carbonyl (C=O) groups excluding carboxylic acids is 2. The molecule has 2 aliphatic heterocycles. The first kappa shape index (κ1) is 7.58. The Bertz CT molecular complexity index is 220. The summed E-state index contributed by atoms with van der Waals surface area (Å²) in [4.78, 5) is 24.0. The van der Waals surface area contributed by atoms with Crippen molar-refractivity contribution < 1.29 is 14.3 Å². The summed E-state index contributed by atoms with van der Waals surface area (Å²) in [5.74, 6) is -0.876. The lowest BCUT2D eigenvalue weighted by molar-refractivity contribution is -0.175. The molecule has 0 unspecified atom stereocenters. The van der Waals surface area contributed by atoms with Crippen LogP contribution in [0.3, 0.4) is 0 Å². The third kappa shape index (κ3) is 1.07. The van der Waals surface area contributed by atoms with E-state index in [-0.39, 0.29) is 18.5 Å². The largest absolute Gasteiger partial charge is 0.464 e. The molecule has 2 aliphatic rings. The molecule has 2 fully saturated rings. The molecule has 2 rings (SSSR count). The number of nitrogens with zero attached hydrogens (tertiary/aromatic N) is 1. The fourth-order valence-electron chi connectivity index (χ4n) is 1.56. The zero-order valence-electron chi connectivity index (χ0n) is 6.78. The maximum absolute atomic E-state index is 11.5. The normalized spacial score (nSPS) is 28.2. The van der Waals surface area contributed by atoms with Crippen LogP contribution in [0.5, 0.6) is 0 Å². The first-order chi connectivity index (χ1) is 5.79. The lowest BCUT2D eigenvalue weighted by Gasteiger charge is -2.27. The number of esters is 1. The molecule has 1 atom stereocenters. The molecule has 1 amide bonds. The Morgan fingerprint density at radius 1 is 1.42 bits per heavy atom. The summed E-state index contributed by atoms with van der Waals surface area (Å²) in [5.41, 5.74) is 0. The molecule has 4 heteroatoms. The first-order valence-electron chi connectivity index (χ1n) is 4.24. The van der Waals surface area contributed by atoms with E-state index in [0.717, 1.165) is 25.9 Å². The van der Waals surface area contributed by atoms with Gasteiger partial charge in [-0.3, -0.25) is 9.59 Å². The van der Waals surface area contributed by atoms with Gasteiger partial charge in [0.2, 0.25) is 5.91 Å². The molecule has 0 bridgehead atoms. The van der Waals surface area contributed by atoms with Crippen LogP contribution < -0.4 is 0 Å². The average Bonchev–Trinajstić information content (AvgIpc) is 2.53. The summed E-state index contributed by atoms with van der Waals surface area (Å²) in [6.07, 6.45) is 2.13. The van der Waals surface area contributed by atoms with Crippen molar-refractivity contribution in [1.29, 1.82) is 0 Å². The maximum Gasteiger partial charge on any atom is 0.322 e. The van der Waals surface area contributed by atoms with Gasteiger partial charge < -0.3 is 9.64 Å². The number of hydrogen-bond donors (Lipinski definition) is 0. The summed E-state index contributed by atoms with van der Waals surface area (Å²) in [7, 11) is 0. The number of cyclic esters (lactones) is 1. The highest BCUT2D eigenvalue weighted by molar-refractivity contribution is 6.01. The predicted molar refractivity (Wildman–Crippen MR) is 40.3 cm³/mol. The van der Waals surface area contributed by atoms with Crippen molar-refractivity contribution in [2.75, 3.05) is 19.7 Å². The molecule has 0 saturated carbocycles. The van der Waals surface area contributed by atoms with Crippen LogP contribution in [-0.4, -0.2) is 36.5 Å². The summed E-state index contributed by atoms with van der Waals surface area (Å²) < 4.78 is 4.54. The molecule has 12 heavy (non-hydrogen) atoms. The van der Waals surface area contributed by atoms with Gasteiger partial charge in [0.15, 0.2) is 5.92 Å². The van der Waals surface area contributed by atoms with Crippen LogP contribution >= 0.6 is 0 Å². The minimum Gasteiger partial charge on any atom is -0.464 e. The Hall–Kier alpha value is -1.06. The second-order valence-corrected chi connectivity index (χ2v) is 3.22. The van der Waals surface area contributed by atoms with Crippen LogP contribution in [0, 0.1) is 5.92 Å². The quantitative estimate of drug-likeness (QED) is 0.403. The number of likely N-dealkylation sites (tertiary alicyclic amines) is 1. The third-order valence-electron chi connectivity index (χ3n) is 2.39. The Balaban J connectivity index is 1.94. The van der Waals surface area contributed by atoms with Crippen molar-refractivity contribution >= 4 is 11.9 Å². The highest BCUT2D eigenvalue weighted by Crippen LogP contribution is 2.18. The van der Waals surface area contributed by atoms with Gasteiger partial charge in [0.1, 0.15) is 6.61 Å². The summed E-state index contributed by atoms with van der Waals surface area (Å²) >= 11 is 0. The number of rotatable bonds is 1. The Morgan fingerprint density at radius 2 is 2.08 bits per heavy atom. The summed E-state index contributed by atoms with van der Waals surface area (Å²) in [6.45, 7) is 1.90. The number of hydrogen-bond acceptors (Lipinski definition) is 3. The van der Waals surface area contributed by atoms with Crippen molar-refractivity contribution in [3.63, 3.8) is 0 Å². The molecule has 66 valence electrons. The van der Waals surface area contributed by atoms with Gasteiger partial charge in [-0.2, -0.15) is 0 Å². The number of amides is 1. The Kier molecular flexibility index (Phi) is 1.75. The monoisotopic (exact) mass is 169 g/mol. The Morgan fingerprint density at radius 3 is 2.50 bits per heavy atom. The highest BCUT2D eigenvalue weighted by atomic mass is 16.6. The molecular weight excluding hydrogens is 158 g/mol. The third-order valence-corrected chi connectivity index (χ3v) is 2.39. The van der Waals surface area contributed by atoms with Gasteiger partial charge in [0.05, 0.1) is 0 Å². The van der Waals surface area contributed by atoms with Gasteiger partial charge in [-0.1, -0.05) is 0 Å². The minimum absolute atomic E-state index is 0.0382. The second kappa shape index (κ2) is 2.77. The topological polar surface area (TPSA) is 46.6 Å². The number of carbonyl (C=O) groups is 2. The first-order valence-corrected chi connectivity index (χ1v) is 4.24. The van der Waals surface area contributed by atoms with Gasteiger partial charge in [0.25, 0.3) is 0 Å². The minimum atomic E-state index is -0.483. The summed E-state index contributed by atoms with van der Waals surface area (Å²) in [6, 6.07) is 0. The van der Waals surface area contributed by atoms with E-state index in [9.17, 15) is 9.59 Å². The fraction of sp³-hybridized carbons (Fsp3) is 0.750. The van der Waals surface area contributed by atoms with Crippen LogP contribution in [0.4, 0.5) is 0 Å². The van der Waals surface area contributed by atoms with E-state index in [4.69, 9.17) is 0 Å².